The van der Waals surface area contributed by atoms with E-state index in [4.69, 9.17) is 10.5 Å². The normalized spacial score (nSPS) is 12.0. The number of hydrogen-bond donors (Lipinski definition) is 2. The fraction of sp³-hybridized carbons (Fsp3) is 0.474. The third-order valence-corrected chi connectivity index (χ3v) is 4.27. The third kappa shape index (κ3) is 5.06. The fourth-order valence-corrected chi connectivity index (χ4v) is 2.69. The molecule has 6 nitrogen and oxygen atoms in total. The molecule has 0 aliphatic heterocycles. The number of rotatable bonds is 7. The van der Waals surface area contributed by atoms with E-state index in [-0.39, 0.29) is 0 Å². The van der Waals surface area contributed by atoms with Crippen molar-refractivity contribution in [1.29, 1.82) is 0 Å². The van der Waals surface area contributed by atoms with Crippen LogP contribution in [0.1, 0.15) is 42.3 Å². The van der Waals surface area contributed by atoms with Crippen LogP contribution in [-0.4, -0.2) is 29.5 Å². The molecule has 136 valence electrons. The molecule has 0 atom stereocenters. The molecule has 25 heavy (non-hydrogen) atoms. The van der Waals surface area contributed by atoms with E-state index in [1.807, 2.05) is 23.7 Å². The summed E-state index contributed by atoms with van der Waals surface area (Å²) in [5.74, 6) is 0.882. The number of anilines is 1. The van der Waals surface area contributed by atoms with Crippen LogP contribution >= 0.6 is 0 Å². The van der Waals surface area contributed by atoms with Gasteiger partial charge >= 0.3 is 0 Å². The Morgan fingerprint density at radius 3 is 2.80 bits per heavy atom. The van der Waals surface area contributed by atoms with E-state index in [2.05, 4.69) is 48.3 Å². The SMILES string of the molecule is COCCn1nc(C)c(CN=C(N)Nc2cccc(C(C)C)c2)c1C. The number of aromatic nitrogens is 2. The van der Waals surface area contributed by atoms with Gasteiger partial charge in [0, 0.05) is 24.1 Å². The Labute approximate surface area is 150 Å². The molecule has 0 spiro atoms. The maximum absolute atomic E-state index is 6.06. The topological polar surface area (TPSA) is 77.5 Å². The molecule has 0 aliphatic rings. The Balaban J connectivity index is 2.06. The van der Waals surface area contributed by atoms with Gasteiger partial charge < -0.3 is 15.8 Å². The Kier molecular flexibility index (Phi) is 6.58. The summed E-state index contributed by atoms with van der Waals surface area (Å²) in [4.78, 5) is 4.48. The molecule has 0 saturated carbocycles. The highest BCUT2D eigenvalue weighted by Gasteiger charge is 2.11. The number of guanidine groups is 1. The van der Waals surface area contributed by atoms with Gasteiger partial charge in [0.05, 0.1) is 25.4 Å². The Morgan fingerprint density at radius 1 is 1.36 bits per heavy atom. The molecule has 0 bridgehead atoms. The molecule has 6 heteroatoms. The summed E-state index contributed by atoms with van der Waals surface area (Å²) in [6, 6.07) is 8.24. The fourth-order valence-electron chi connectivity index (χ4n) is 2.69. The largest absolute Gasteiger partial charge is 0.383 e. The van der Waals surface area contributed by atoms with Crippen molar-refractivity contribution in [1.82, 2.24) is 9.78 Å². The molecule has 3 N–H and O–H groups in total. The van der Waals surface area contributed by atoms with Crippen molar-refractivity contribution >= 4 is 11.6 Å². The van der Waals surface area contributed by atoms with E-state index < -0.39 is 0 Å². The molecule has 0 radical (unpaired) electrons. The zero-order valence-corrected chi connectivity index (χ0v) is 15.8. The minimum absolute atomic E-state index is 0.407. The zero-order valence-electron chi connectivity index (χ0n) is 15.8. The highest BCUT2D eigenvalue weighted by molar-refractivity contribution is 5.92. The maximum Gasteiger partial charge on any atom is 0.193 e. The third-order valence-electron chi connectivity index (χ3n) is 4.27. The lowest BCUT2D eigenvalue weighted by molar-refractivity contribution is 0.182. The summed E-state index contributed by atoms with van der Waals surface area (Å²) in [5.41, 5.74) is 11.5. The van der Waals surface area contributed by atoms with Gasteiger partial charge in [-0.05, 0) is 37.5 Å². The Hall–Kier alpha value is -2.34. The maximum atomic E-state index is 6.06. The number of aliphatic imine (C=N–C) groups is 1. The van der Waals surface area contributed by atoms with E-state index in [1.54, 1.807) is 7.11 Å². The van der Waals surface area contributed by atoms with Crippen LogP contribution in [0.4, 0.5) is 5.69 Å². The van der Waals surface area contributed by atoms with Crippen molar-refractivity contribution < 1.29 is 4.74 Å². The predicted octanol–water partition coefficient (Wildman–Crippen LogP) is 3.20. The predicted molar refractivity (Wildman–Crippen MR) is 103 cm³/mol. The molecule has 0 amide bonds. The summed E-state index contributed by atoms with van der Waals surface area (Å²) >= 11 is 0. The molecule has 0 fully saturated rings. The highest BCUT2D eigenvalue weighted by atomic mass is 16.5. The van der Waals surface area contributed by atoms with Crippen molar-refractivity contribution in [2.24, 2.45) is 10.7 Å². The number of hydrogen-bond acceptors (Lipinski definition) is 3. The van der Waals surface area contributed by atoms with E-state index in [1.165, 1.54) is 5.56 Å². The highest BCUT2D eigenvalue weighted by Crippen LogP contribution is 2.18. The molecule has 2 rings (SSSR count). The smallest absolute Gasteiger partial charge is 0.193 e. The molecule has 0 saturated heterocycles. The molecule has 0 aliphatic carbocycles. The lowest BCUT2D eigenvalue weighted by atomic mass is 10.0. The van der Waals surface area contributed by atoms with Crippen LogP contribution < -0.4 is 11.1 Å². The first kappa shape index (κ1) is 19.0. The molecule has 1 aromatic carbocycles. The molecule has 2 aromatic rings. The molecule has 0 unspecified atom stereocenters. The quantitative estimate of drug-likeness (QED) is 0.598. The van der Waals surface area contributed by atoms with Gasteiger partial charge in [-0.15, -0.1) is 0 Å². The van der Waals surface area contributed by atoms with Gasteiger partial charge in [-0.2, -0.15) is 5.10 Å². The number of methoxy groups -OCH3 is 1. The van der Waals surface area contributed by atoms with E-state index in [0.29, 0.717) is 25.0 Å². The first-order valence-corrected chi connectivity index (χ1v) is 8.61. The van der Waals surface area contributed by atoms with Gasteiger partial charge in [0.15, 0.2) is 5.96 Å². The second-order valence-electron chi connectivity index (χ2n) is 6.47. The van der Waals surface area contributed by atoms with Crippen molar-refractivity contribution in [2.45, 2.75) is 46.7 Å². The van der Waals surface area contributed by atoms with Crippen LogP contribution in [-0.2, 0) is 17.8 Å². The van der Waals surface area contributed by atoms with Crippen LogP contribution in [0.15, 0.2) is 29.3 Å². The number of ether oxygens (including phenoxy) is 1. The van der Waals surface area contributed by atoms with Gasteiger partial charge in [-0.25, -0.2) is 4.99 Å². The summed E-state index contributed by atoms with van der Waals surface area (Å²) in [6.07, 6.45) is 0. The number of aryl methyl sites for hydroxylation is 1. The summed E-state index contributed by atoms with van der Waals surface area (Å²) in [7, 11) is 1.69. The number of benzene rings is 1. The minimum atomic E-state index is 0.407. The molecule has 1 aromatic heterocycles. The van der Waals surface area contributed by atoms with Crippen molar-refractivity contribution in [3.63, 3.8) is 0 Å². The second-order valence-corrected chi connectivity index (χ2v) is 6.47. The Morgan fingerprint density at radius 2 is 2.12 bits per heavy atom. The van der Waals surface area contributed by atoms with Crippen LogP contribution in [0.3, 0.4) is 0 Å². The van der Waals surface area contributed by atoms with Gasteiger partial charge in [0.2, 0.25) is 0 Å². The number of nitrogens with one attached hydrogen (secondary N) is 1. The second kappa shape index (κ2) is 8.67. The minimum Gasteiger partial charge on any atom is -0.383 e. The number of nitrogens with two attached hydrogens (primary N) is 1. The molecular weight excluding hydrogens is 314 g/mol. The molecular formula is C19H29N5O. The van der Waals surface area contributed by atoms with Crippen LogP contribution in [0.5, 0.6) is 0 Å². The molecule has 1 heterocycles. The summed E-state index contributed by atoms with van der Waals surface area (Å²) in [5, 5.41) is 7.71. The lowest BCUT2D eigenvalue weighted by Crippen LogP contribution is -2.22. The van der Waals surface area contributed by atoms with Crippen LogP contribution in [0.25, 0.3) is 0 Å². The van der Waals surface area contributed by atoms with Crippen LogP contribution in [0.2, 0.25) is 0 Å². The van der Waals surface area contributed by atoms with E-state index >= 15 is 0 Å². The van der Waals surface area contributed by atoms with Gasteiger partial charge in [0.1, 0.15) is 0 Å². The first-order valence-electron chi connectivity index (χ1n) is 8.61. The monoisotopic (exact) mass is 343 g/mol. The van der Waals surface area contributed by atoms with Gasteiger partial charge in [-0.1, -0.05) is 26.0 Å². The average Bonchev–Trinajstić information content (AvgIpc) is 2.85. The number of nitrogens with zero attached hydrogens (tertiary/aromatic N) is 3. The standard InChI is InChI=1S/C19H29N5O/c1-13(2)16-7-6-8-17(11-16)22-19(20)21-12-18-14(3)23-24(15(18)4)9-10-25-5/h6-8,11,13H,9-10,12H2,1-5H3,(H3,20,21,22). The Bertz CT molecular complexity index is 733. The summed E-state index contributed by atoms with van der Waals surface area (Å²) < 4.78 is 7.08. The lowest BCUT2D eigenvalue weighted by Gasteiger charge is -2.10. The zero-order chi connectivity index (χ0) is 18.4. The van der Waals surface area contributed by atoms with Crippen molar-refractivity contribution in [2.75, 3.05) is 19.0 Å². The summed E-state index contributed by atoms with van der Waals surface area (Å²) in [6.45, 7) is 10.3. The van der Waals surface area contributed by atoms with Crippen molar-refractivity contribution in [3.8, 4) is 0 Å². The average molecular weight is 343 g/mol. The van der Waals surface area contributed by atoms with Crippen molar-refractivity contribution in [3.05, 3.63) is 46.8 Å². The van der Waals surface area contributed by atoms with Crippen LogP contribution in [0, 0.1) is 13.8 Å². The van der Waals surface area contributed by atoms with Gasteiger partial charge in [0.25, 0.3) is 0 Å². The van der Waals surface area contributed by atoms with E-state index in [9.17, 15) is 0 Å². The first-order chi connectivity index (χ1) is 11.9. The van der Waals surface area contributed by atoms with Gasteiger partial charge in [-0.3, -0.25) is 4.68 Å². The van der Waals surface area contributed by atoms with E-state index in [0.717, 1.165) is 29.2 Å².